The van der Waals surface area contributed by atoms with Crippen molar-refractivity contribution in [1.29, 1.82) is 0 Å². The van der Waals surface area contributed by atoms with Gasteiger partial charge in [0.1, 0.15) is 0 Å². The van der Waals surface area contributed by atoms with Gasteiger partial charge in [0, 0.05) is 6.54 Å². The van der Waals surface area contributed by atoms with Crippen molar-refractivity contribution in [1.82, 2.24) is 0 Å². The van der Waals surface area contributed by atoms with Gasteiger partial charge in [-0.15, -0.1) is 0 Å². The molecule has 1 heteroatoms. The van der Waals surface area contributed by atoms with E-state index in [1.54, 1.807) is 11.1 Å². The van der Waals surface area contributed by atoms with Gasteiger partial charge in [0.15, 0.2) is 0 Å². The lowest BCUT2D eigenvalue weighted by Gasteiger charge is -2.28. The first-order valence-corrected chi connectivity index (χ1v) is 4.02. The smallest absolute Gasteiger partial charge is 0.0142 e. The molecule has 10 heavy (non-hydrogen) atoms. The van der Waals surface area contributed by atoms with Crippen LogP contribution in [0.2, 0.25) is 0 Å². The van der Waals surface area contributed by atoms with Crippen LogP contribution < -0.4 is 5.73 Å². The fourth-order valence-corrected chi connectivity index (χ4v) is 1.60. The molecule has 0 aliphatic heterocycles. The van der Waals surface area contributed by atoms with Crippen LogP contribution in [-0.4, -0.2) is 6.54 Å². The Morgan fingerprint density at radius 3 is 2.40 bits per heavy atom. The van der Waals surface area contributed by atoms with Crippen LogP contribution in [0.4, 0.5) is 0 Å². The number of hydrogen-bond donors (Lipinski definition) is 1. The quantitative estimate of drug-likeness (QED) is 0.613. The van der Waals surface area contributed by atoms with Crippen molar-refractivity contribution >= 4 is 0 Å². The monoisotopic (exact) mass is 135 g/mol. The number of hydrogen-bond acceptors (Lipinski definition) is 1. The highest BCUT2D eigenvalue weighted by atomic mass is 14.5. The lowest BCUT2D eigenvalue weighted by atomic mass is 9.78. The van der Waals surface area contributed by atoms with Gasteiger partial charge in [-0.3, -0.25) is 0 Å². The Labute approximate surface area is 61.6 Å². The molecule has 0 radical (unpaired) electrons. The molecule has 2 aliphatic carbocycles. The summed E-state index contributed by atoms with van der Waals surface area (Å²) in [4.78, 5) is 0. The van der Waals surface area contributed by atoms with Crippen LogP contribution in [0.3, 0.4) is 0 Å². The van der Waals surface area contributed by atoms with Crippen molar-refractivity contribution in [3.05, 3.63) is 22.8 Å². The van der Waals surface area contributed by atoms with E-state index < -0.39 is 0 Å². The summed E-state index contributed by atoms with van der Waals surface area (Å²) >= 11 is 0. The second-order valence-corrected chi connectivity index (χ2v) is 3.05. The Hall–Kier alpha value is -0.560. The van der Waals surface area contributed by atoms with Gasteiger partial charge < -0.3 is 5.73 Å². The van der Waals surface area contributed by atoms with Crippen LogP contribution in [0.5, 0.6) is 0 Å². The third kappa shape index (κ3) is 0.739. The molecule has 0 bridgehead atoms. The molecule has 2 aliphatic rings. The molecule has 0 amide bonds. The molecule has 0 aromatic carbocycles. The molecule has 2 rings (SSSR count). The summed E-state index contributed by atoms with van der Waals surface area (Å²) < 4.78 is 0. The van der Waals surface area contributed by atoms with Gasteiger partial charge in [-0.1, -0.05) is 11.6 Å². The Morgan fingerprint density at radius 1 is 1.30 bits per heavy atom. The van der Waals surface area contributed by atoms with Crippen LogP contribution in [0, 0.1) is 0 Å². The minimum atomic E-state index is 0.784. The first kappa shape index (κ1) is 6.17. The number of allylic oxidation sites excluding steroid dienone is 3. The van der Waals surface area contributed by atoms with E-state index in [4.69, 9.17) is 5.73 Å². The maximum atomic E-state index is 5.56. The van der Waals surface area contributed by atoms with Gasteiger partial charge in [0.2, 0.25) is 0 Å². The third-order valence-corrected chi connectivity index (χ3v) is 2.54. The fraction of sp³-hybridized carbons (Fsp3) is 0.556. The van der Waals surface area contributed by atoms with Gasteiger partial charge in [0.05, 0.1) is 0 Å². The van der Waals surface area contributed by atoms with E-state index >= 15 is 0 Å². The Balaban J connectivity index is 2.17. The minimum absolute atomic E-state index is 0.784. The number of rotatable bonds is 2. The highest BCUT2D eigenvalue weighted by molar-refractivity contribution is 5.45. The molecule has 0 heterocycles. The van der Waals surface area contributed by atoms with E-state index in [2.05, 4.69) is 6.08 Å². The molecule has 0 spiro atoms. The normalized spacial score (nSPS) is 23.5. The zero-order chi connectivity index (χ0) is 6.97. The lowest BCUT2D eigenvalue weighted by molar-refractivity contribution is 0.735. The van der Waals surface area contributed by atoms with E-state index in [0.717, 1.165) is 6.54 Å². The van der Waals surface area contributed by atoms with Crippen molar-refractivity contribution in [2.45, 2.75) is 25.7 Å². The van der Waals surface area contributed by atoms with Crippen LogP contribution in [0.15, 0.2) is 22.8 Å². The molecule has 0 aromatic heterocycles. The summed E-state index contributed by atoms with van der Waals surface area (Å²) in [5, 5.41) is 0. The topological polar surface area (TPSA) is 26.0 Å². The molecule has 0 saturated carbocycles. The first-order chi connectivity index (χ1) is 4.92. The molecule has 54 valence electrons. The maximum Gasteiger partial charge on any atom is 0.0142 e. The molecule has 0 aromatic rings. The molecule has 0 unspecified atom stereocenters. The summed E-state index contributed by atoms with van der Waals surface area (Å²) in [7, 11) is 0. The minimum Gasteiger partial charge on any atom is -0.327 e. The molecule has 0 saturated heterocycles. The van der Waals surface area contributed by atoms with Crippen LogP contribution in [0.25, 0.3) is 0 Å². The van der Waals surface area contributed by atoms with E-state index in [-0.39, 0.29) is 0 Å². The van der Waals surface area contributed by atoms with Crippen molar-refractivity contribution < 1.29 is 0 Å². The van der Waals surface area contributed by atoms with Gasteiger partial charge >= 0.3 is 0 Å². The lowest BCUT2D eigenvalue weighted by Crippen LogP contribution is -2.16. The Kier molecular flexibility index (Phi) is 1.38. The van der Waals surface area contributed by atoms with E-state index in [1.165, 1.54) is 31.3 Å². The second kappa shape index (κ2) is 2.24. The van der Waals surface area contributed by atoms with Crippen molar-refractivity contribution in [3.63, 3.8) is 0 Å². The van der Waals surface area contributed by atoms with Crippen LogP contribution >= 0.6 is 0 Å². The van der Waals surface area contributed by atoms with E-state index in [9.17, 15) is 0 Å². The molecule has 0 atom stereocenters. The SMILES string of the molecule is NCC1=C(C2=CCC2)CC1. The summed E-state index contributed by atoms with van der Waals surface area (Å²) in [6.45, 7) is 0.784. The highest BCUT2D eigenvalue weighted by Gasteiger charge is 2.21. The molecule has 1 nitrogen and oxygen atoms in total. The predicted octanol–water partition coefficient (Wildman–Crippen LogP) is 1.76. The molecule has 2 N–H and O–H groups in total. The third-order valence-electron chi connectivity index (χ3n) is 2.54. The highest BCUT2D eigenvalue weighted by Crippen LogP contribution is 2.38. The zero-order valence-electron chi connectivity index (χ0n) is 6.19. The Bertz CT molecular complexity index is 211. The van der Waals surface area contributed by atoms with Gasteiger partial charge in [-0.25, -0.2) is 0 Å². The summed E-state index contributed by atoms with van der Waals surface area (Å²) in [6.07, 6.45) is 7.47. The van der Waals surface area contributed by atoms with E-state index in [1.807, 2.05) is 0 Å². The zero-order valence-corrected chi connectivity index (χ0v) is 6.19. The predicted molar refractivity (Wildman–Crippen MR) is 42.6 cm³/mol. The molecular weight excluding hydrogens is 122 g/mol. The first-order valence-electron chi connectivity index (χ1n) is 4.02. The Morgan fingerprint density at radius 2 is 2.10 bits per heavy atom. The van der Waals surface area contributed by atoms with E-state index in [0.29, 0.717) is 0 Å². The van der Waals surface area contributed by atoms with Crippen LogP contribution in [-0.2, 0) is 0 Å². The number of nitrogens with two attached hydrogens (primary N) is 1. The van der Waals surface area contributed by atoms with Gasteiger partial charge in [-0.05, 0) is 36.8 Å². The fourth-order valence-electron chi connectivity index (χ4n) is 1.60. The van der Waals surface area contributed by atoms with Gasteiger partial charge in [-0.2, -0.15) is 0 Å². The maximum absolute atomic E-state index is 5.56. The standard InChI is InChI=1S/C9H13N/c10-6-8-4-5-9(8)7-2-1-3-7/h2H,1,3-6,10H2. The van der Waals surface area contributed by atoms with Crippen molar-refractivity contribution in [2.75, 3.05) is 6.54 Å². The second-order valence-electron chi connectivity index (χ2n) is 3.05. The van der Waals surface area contributed by atoms with Crippen LogP contribution in [0.1, 0.15) is 25.7 Å². The average molecular weight is 135 g/mol. The average Bonchev–Trinajstić information content (AvgIpc) is 1.77. The molecule has 0 fully saturated rings. The summed E-state index contributed by atoms with van der Waals surface area (Å²) in [6, 6.07) is 0. The van der Waals surface area contributed by atoms with Crippen molar-refractivity contribution in [2.24, 2.45) is 5.73 Å². The summed E-state index contributed by atoms with van der Waals surface area (Å²) in [5.74, 6) is 0. The largest absolute Gasteiger partial charge is 0.327 e. The van der Waals surface area contributed by atoms with Gasteiger partial charge in [0.25, 0.3) is 0 Å². The molecular formula is C9H13N. The summed E-state index contributed by atoms with van der Waals surface area (Å²) in [5.41, 5.74) is 10.2. The van der Waals surface area contributed by atoms with Crippen molar-refractivity contribution in [3.8, 4) is 0 Å².